The second-order valence-corrected chi connectivity index (χ2v) is 4.93. The lowest BCUT2D eigenvalue weighted by Crippen LogP contribution is -2.52. The fourth-order valence-corrected chi connectivity index (χ4v) is 2.28. The van der Waals surface area contributed by atoms with Crippen LogP contribution in [0, 0.1) is 0 Å². The first-order valence-corrected chi connectivity index (χ1v) is 6.89. The van der Waals surface area contributed by atoms with Crippen molar-refractivity contribution in [2.75, 3.05) is 26.2 Å². The van der Waals surface area contributed by atoms with Gasteiger partial charge in [0.15, 0.2) is 0 Å². The quantitative estimate of drug-likeness (QED) is 0.843. The maximum Gasteiger partial charge on any atom is 0.225 e. The largest absolute Gasteiger partial charge is 0.376 e. The molecular weight excluding hydrogens is 276 g/mol. The highest BCUT2D eigenvalue weighted by atomic mass is 35.5. The smallest absolute Gasteiger partial charge is 0.225 e. The van der Waals surface area contributed by atoms with Gasteiger partial charge in [0, 0.05) is 25.7 Å². The summed E-state index contributed by atoms with van der Waals surface area (Å²) in [5.74, 6) is 0.196. The van der Waals surface area contributed by atoms with E-state index in [1.165, 1.54) is 0 Å². The minimum atomic E-state index is 0. The van der Waals surface area contributed by atoms with Crippen LogP contribution in [0.5, 0.6) is 0 Å². The molecule has 0 saturated carbocycles. The van der Waals surface area contributed by atoms with Crippen molar-refractivity contribution in [3.63, 3.8) is 0 Å². The molecule has 0 bridgehead atoms. The van der Waals surface area contributed by atoms with Crippen LogP contribution in [0.3, 0.4) is 0 Å². The molecule has 1 aliphatic heterocycles. The van der Waals surface area contributed by atoms with Gasteiger partial charge >= 0.3 is 0 Å². The Morgan fingerprint density at radius 2 is 2.15 bits per heavy atom. The summed E-state index contributed by atoms with van der Waals surface area (Å²) in [4.78, 5) is 14.0. The highest BCUT2D eigenvalue weighted by Crippen LogP contribution is 2.06. The number of halogens is 1. The molecule has 1 amide bonds. The van der Waals surface area contributed by atoms with Gasteiger partial charge in [-0.1, -0.05) is 30.3 Å². The highest BCUT2D eigenvalue weighted by molar-refractivity contribution is 5.85. The number of nitrogens with zero attached hydrogens (tertiary/aromatic N) is 1. The first-order chi connectivity index (χ1) is 9.27. The summed E-state index contributed by atoms with van der Waals surface area (Å²) in [5, 5.41) is 3.28. The van der Waals surface area contributed by atoms with E-state index in [1.54, 1.807) is 0 Å². The van der Waals surface area contributed by atoms with Crippen molar-refractivity contribution in [1.29, 1.82) is 0 Å². The Kier molecular flexibility index (Phi) is 7.59. The van der Waals surface area contributed by atoms with Crippen LogP contribution in [0.2, 0.25) is 0 Å². The number of carbonyl (C=O) groups excluding carboxylic acids is 1. The minimum absolute atomic E-state index is 0. The molecule has 0 spiro atoms. The van der Waals surface area contributed by atoms with Crippen LogP contribution < -0.4 is 5.32 Å². The molecule has 1 N–H and O–H groups in total. The van der Waals surface area contributed by atoms with E-state index in [9.17, 15) is 4.79 Å². The molecule has 1 fully saturated rings. The third-order valence-electron chi connectivity index (χ3n) is 3.39. The Morgan fingerprint density at radius 1 is 1.40 bits per heavy atom. The number of nitrogens with one attached hydrogen (secondary N) is 1. The summed E-state index contributed by atoms with van der Waals surface area (Å²) in [7, 11) is 0. The second-order valence-electron chi connectivity index (χ2n) is 4.93. The van der Waals surface area contributed by atoms with Crippen LogP contribution in [0.4, 0.5) is 0 Å². The lowest BCUT2D eigenvalue weighted by atomic mass is 10.2. The van der Waals surface area contributed by atoms with Crippen LogP contribution >= 0.6 is 12.4 Å². The molecule has 112 valence electrons. The molecule has 0 aromatic heterocycles. The Balaban J connectivity index is 0.00000200. The van der Waals surface area contributed by atoms with E-state index in [0.717, 1.165) is 25.2 Å². The summed E-state index contributed by atoms with van der Waals surface area (Å²) >= 11 is 0. The maximum absolute atomic E-state index is 12.0. The lowest BCUT2D eigenvalue weighted by molar-refractivity contribution is -0.135. The number of benzene rings is 1. The Hall–Kier alpha value is -1.10. The van der Waals surface area contributed by atoms with Crippen LogP contribution in [0.25, 0.3) is 0 Å². The highest BCUT2D eigenvalue weighted by Gasteiger charge is 2.22. The van der Waals surface area contributed by atoms with Gasteiger partial charge in [0.2, 0.25) is 5.91 Å². The van der Waals surface area contributed by atoms with Crippen LogP contribution in [-0.2, 0) is 16.1 Å². The number of piperazine rings is 1. The number of ether oxygens (including phenoxy) is 1. The van der Waals surface area contributed by atoms with Crippen LogP contribution in [0.1, 0.15) is 18.9 Å². The molecule has 1 atom stereocenters. The molecule has 1 heterocycles. The summed E-state index contributed by atoms with van der Waals surface area (Å²) in [6.45, 7) is 5.72. The molecular formula is C15H23ClN2O2. The SMILES string of the molecule is C[C@@H]1CNCCN1C(=O)CCOCc1ccccc1.Cl. The zero-order valence-corrected chi connectivity index (χ0v) is 12.7. The fraction of sp³-hybridized carbons (Fsp3) is 0.533. The number of hydrogen-bond acceptors (Lipinski definition) is 3. The first-order valence-electron chi connectivity index (χ1n) is 6.89. The van der Waals surface area contributed by atoms with Gasteiger partial charge in [-0.15, -0.1) is 12.4 Å². The predicted molar refractivity (Wildman–Crippen MR) is 82.0 cm³/mol. The van der Waals surface area contributed by atoms with Crippen LogP contribution in [-0.4, -0.2) is 43.1 Å². The monoisotopic (exact) mass is 298 g/mol. The Labute approximate surface area is 126 Å². The van der Waals surface area contributed by atoms with E-state index in [2.05, 4.69) is 12.2 Å². The Bertz CT molecular complexity index is 400. The summed E-state index contributed by atoms with van der Waals surface area (Å²) < 4.78 is 5.55. The van der Waals surface area contributed by atoms with Gasteiger partial charge in [-0.25, -0.2) is 0 Å². The van der Waals surface area contributed by atoms with E-state index in [1.807, 2.05) is 35.2 Å². The molecule has 0 aliphatic carbocycles. The summed E-state index contributed by atoms with van der Waals surface area (Å²) in [6, 6.07) is 10.3. The molecule has 20 heavy (non-hydrogen) atoms. The van der Waals surface area contributed by atoms with E-state index < -0.39 is 0 Å². The van der Waals surface area contributed by atoms with Gasteiger partial charge in [0.1, 0.15) is 0 Å². The van der Waals surface area contributed by atoms with Gasteiger partial charge in [-0.05, 0) is 12.5 Å². The van der Waals surface area contributed by atoms with Crippen molar-refractivity contribution in [2.24, 2.45) is 0 Å². The maximum atomic E-state index is 12.0. The van der Waals surface area contributed by atoms with Crippen molar-refractivity contribution < 1.29 is 9.53 Å². The number of carbonyl (C=O) groups is 1. The molecule has 0 unspecified atom stereocenters. The zero-order chi connectivity index (χ0) is 13.5. The lowest BCUT2D eigenvalue weighted by Gasteiger charge is -2.34. The number of amides is 1. The zero-order valence-electron chi connectivity index (χ0n) is 11.9. The molecule has 5 heteroatoms. The molecule has 1 aromatic carbocycles. The standard InChI is InChI=1S/C15H22N2O2.ClH/c1-13-11-16-8-9-17(13)15(18)7-10-19-12-14-5-3-2-4-6-14;/h2-6,13,16H,7-12H2,1H3;1H/t13-;/m1./s1. The third-order valence-corrected chi connectivity index (χ3v) is 3.39. The molecule has 1 aromatic rings. The molecule has 4 nitrogen and oxygen atoms in total. The molecule has 2 rings (SSSR count). The summed E-state index contributed by atoms with van der Waals surface area (Å²) in [6.07, 6.45) is 0.469. The van der Waals surface area contributed by atoms with E-state index >= 15 is 0 Å². The third kappa shape index (κ3) is 5.12. The molecule has 1 saturated heterocycles. The van der Waals surface area contributed by atoms with Gasteiger partial charge in [-0.2, -0.15) is 0 Å². The van der Waals surface area contributed by atoms with E-state index in [-0.39, 0.29) is 24.4 Å². The van der Waals surface area contributed by atoms with Crippen molar-refractivity contribution >= 4 is 18.3 Å². The van der Waals surface area contributed by atoms with Crippen molar-refractivity contribution in [3.05, 3.63) is 35.9 Å². The summed E-state index contributed by atoms with van der Waals surface area (Å²) in [5.41, 5.74) is 1.14. The topological polar surface area (TPSA) is 41.6 Å². The average Bonchev–Trinajstić information content (AvgIpc) is 2.45. The van der Waals surface area contributed by atoms with Gasteiger partial charge in [0.25, 0.3) is 0 Å². The van der Waals surface area contributed by atoms with Gasteiger partial charge in [-0.3, -0.25) is 4.79 Å². The predicted octanol–water partition coefficient (Wildman–Crippen LogP) is 1.84. The normalized spacial score (nSPS) is 18.4. The van der Waals surface area contributed by atoms with E-state index in [4.69, 9.17) is 4.74 Å². The van der Waals surface area contributed by atoms with Gasteiger partial charge < -0.3 is 15.0 Å². The fourth-order valence-electron chi connectivity index (χ4n) is 2.28. The van der Waals surface area contributed by atoms with Crippen LogP contribution in [0.15, 0.2) is 30.3 Å². The Morgan fingerprint density at radius 3 is 2.85 bits per heavy atom. The second kappa shape index (κ2) is 8.95. The van der Waals surface area contributed by atoms with Gasteiger partial charge in [0.05, 0.1) is 19.6 Å². The molecule has 1 aliphatic rings. The van der Waals surface area contributed by atoms with Crippen molar-refractivity contribution in [1.82, 2.24) is 10.2 Å². The molecule has 0 radical (unpaired) electrons. The average molecular weight is 299 g/mol. The van der Waals surface area contributed by atoms with Crippen molar-refractivity contribution in [2.45, 2.75) is 26.0 Å². The van der Waals surface area contributed by atoms with Crippen molar-refractivity contribution in [3.8, 4) is 0 Å². The van der Waals surface area contributed by atoms with E-state index in [0.29, 0.717) is 19.6 Å². The first kappa shape index (κ1) is 17.0. The number of rotatable bonds is 5. The number of hydrogen-bond donors (Lipinski definition) is 1. The minimum Gasteiger partial charge on any atom is -0.376 e.